The Bertz CT molecular complexity index is 183. The summed E-state index contributed by atoms with van der Waals surface area (Å²) >= 11 is 0. The van der Waals surface area contributed by atoms with E-state index in [0.29, 0.717) is 19.6 Å². The van der Waals surface area contributed by atoms with Crippen molar-refractivity contribution in [2.24, 2.45) is 0 Å². The average molecular weight is 228 g/mol. The fourth-order valence-corrected chi connectivity index (χ4v) is 1.29. The van der Waals surface area contributed by atoms with E-state index >= 15 is 0 Å². The molecule has 0 fully saturated rings. The lowest BCUT2D eigenvalue weighted by Gasteiger charge is -2.03. The third-order valence-electron chi connectivity index (χ3n) is 2.27. The highest BCUT2D eigenvalue weighted by atomic mass is 16.5. The zero-order valence-corrected chi connectivity index (χ0v) is 10.1. The second-order valence-corrected chi connectivity index (χ2v) is 3.77. The first-order chi connectivity index (χ1) is 7.81. The Morgan fingerprint density at radius 2 is 1.94 bits per heavy atom. The zero-order chi connectivity index (χ0) is 12.1. The standard InChI is InChI=1S/C12H22NO3/c1-2-3-10-16-12(15)8-6-4-5-7-9-13-11-14/h2-10H2,1H3,(H,13,14). The lowest BCUT2D eigenvalue weighted by atomic mass is 10.1. The summed E-state index contributed by atoms with van der Waals surface area (Å²) in [6.07, 6.45) is 7.98. The van der Waals surface area contributed by atoms with Crippen molar-refractivity contribution < 1.29 is 14.3 Å². The van der Waals surface area contributed by atoms with Gasteiger partial charge in [0.15, 0.2) is 0 Å². The Balaban J connectivity index is 3.12. The van der Waals surface area contributed by atoms with E-state index < -0.39 is 0 Å². The number of ether oxygens (including phenoxy) is 1. The number of rotatable bonds is 11. The lowest BCUT2D eigenvalue weighted by Crippen LogP contribution is -2.11. The summed E-state index contributed by atoms with van der Waals surface area (Å²) in [6, 6.07) is 0. The van der Waals surface area contributed by atoms with Gasteiger partial charge in [0.2, 0.25) is 0 Å². The number of carbonyl (C=O) groups excluding carboxylic acids is 2. The van der Waals surface area contributed by atoms with Crippen LogP contribution in [-0.2, 0) is 14.3 Å². The predicted octanol–water partition coefficient (Wildman–Crippen LogP) is 1.94. The number of carbonyl (C=O) groups is 1. The molecule has 0 saturated carbocycles. The van der Waals surface area contributed by atoms with Crippen LogP contribution in [0.3, 0.4) is 0 Å². The number of amides is 1. The molecule has 0 aliphatic heterocycles. The number of esters is 1. The molecule has 93 valence electrons. The second-order valence-electron chi connectivity index (χ2n) is 3.77. The normalized spacial score (nSPS) is 9.81. The molecule has 0 aromatic heterocycles. The number of hydrogen-bond acceptors (Lipinski definition) is 3. The van der Waals surface area contributed by atoms with Gasteiger partial charge in [0.25, 0.3) is 0 Å². The Kier molecular flexibility index (Phi) is 11.2. The summed E-state index contributed by atoms with van der Waals surface area (Å²) in [4.78, 5) is 21.0. The van der Waals surface area contributed by atoms with Gasteiger partial charge in [-0.1, -0.05) is 26.2 Å². The van der Waals surface area contributed by atoms with E-state index in [2.05, 4.69) is 12.2 Å². The maximum absolute atomic E-state index is 11.2. The van der Waals surface area contributed by atoms with E-state index in [0.717, 1.165) is 38.5 Å². The Hall–Kier alpha value is -1.06. The Labute approximate surface area is 97.7 Å². The summed E-state index contributed by atoms with van der Waals surface area (Å²) in [6.45, 7) is 3.29. The highest BCUT2D eigenvalue weighted by Crippen LogP contribution is 2.04. The molecule has 4 nitrogen and oxygen atoms in total. The Morgan fingerprint density at radius 1 is 1.19 bits per heavy atom. The van der Waals surface area contributed by atoms with E-state index in [9.17, 15) is 9.59 Å². The lowest BCUT2D eigenvalue weighted by molar-refractivity contribution is -0.143. The van der Waals surface area contributed by atoms with Gasteiger partial charge in [0.05, 0.1) is 6.61 Å². The largest absolute Gasteiger partial charge is 0.466 e. The summed E-state index contributed by atoms with van der Waals surface area (Å²) in [5.41, 5.74) is 0. The van der Waals surface area contributed by atoms with Crippen LogP contribution in [0.15, 0.2) is 0 Å². The van der Waals surface area contributed by atoms with Crippen LogP contribution in [0.1, 0.15) is 51.9 Å². The summed E-state index contributed by atoms with van der Waals surface area (Å²) < 4.78 is 5.02. The van der Waals surface area contributed by atoms with Crippen LogP contribution in [-0.4, -0.2) is 25.5 Å². The minimum atomic E-state index is -0.0900. The van der Waals surface area contributed by atoms with E-state index in [1.165, 1.54) is 0 Å². The third kappa shape index (κ3) is 11.0. The number of hydrogen-bond donors (Lipinski definition) is 1. The van der Waals surface area contributed by atoms with Crippen molar-refractivity contribution in [3.63, 3.8) is 0 Å². The molecule has 1 amide bonds. The molecule has 0 spiro atoms. The van der Waals surface area contributed by atoms with Crippen LogP contribution in [0.2, 0.25) is 0 Å². The molecule has 1 radical (unpaired) electrons. The van der Waals surface area contributed by atoms with E-state index in [1.54, 1.807) is 6.41 Å². The highest BCUT2D eigenvalue weighted by molar-refractivity contribution is 5.69. The molecular weight excluding hydrogens is 206 g/mol. The number of unbranched alkanes of at least 4 members (excludes halogenated alkanes) is 4. The van der Waals surface area contributed by atoms with Gasteiger partial charge in [-0.15, -0.1) is 0 Å². The van der Waals surface area contributed by atoms with Crippen LogP contribution >= 0.6 is 0 Å². The molecule has 0 heterocycles. The van der Waals surface area contributed by atoms with Crippen molar-refractivity contribution in [1.29, 1.82) is 0 Å². The van der Waals surface area contributed by atoms with Crippen molar-refractivity contribution in [3.05, 3.63) is 0 Å². The van der Waals surface area contributed by atoms with Gasteiger partial charge in [0, 0.05) is 13.0 Å². The molecule has 0 unspecified atom stereocenters. The van der Waals surface area contributed by atoms with Crippen molar-refractivity contribution in [2.75, 3.05) is 13.2 Å². The quantitative estimate of drug-likeness (QED) is 0.334. The monoisotopic (exact) mass is 228 g/mol. The number of nitrogens with one attached hydrogen (secondary N) is 1. The van der Waals surface area contributed by atoms with Crippen molar-refractivity contribution in [2.45, 2.75) is 51.9 Å². The average Bonchev–Trinajstić information content (AvgIpc) is 2.28. The molecule has 0 aliphatic rings. The first-order valence-corrected chi connectivity index (χ1v) is 6.07. The van der Waals surface area contributed by atoms with Crippen LogP contribution < -0.4 is 5.32 Å². The van der Waals surface area contributed by atoms with Crippen LogP contribution in [0, 0.1) is 0 Å². The van der Waals surface area contributed by atoms with Gasteiger partial charge in [-0.25, -0.2) is 0 Å². The van der Waals surface area contributed by atoms with Gasteiger partial charge in [-0.2, -0.15) is 0 Å². The summed E-state index contributed by atoms with van der Waals surface area (Å²) in [7, 11) is 0. The summed E-state index contributed by atoms with van der Waals surface area (Å²) in [5, 5.41) is 2.49. The maximum atomic E-state index is 11.2. The first kappa shape index (κ1) is 14.9. The third-order valence-corrected chi connectivity index (χ3v) is 2.27. The van der Waals surface area contributed by atoms with Gasteiger partial charge in [-0.3, -0.25) is 9.59 Å². The fourth-order valence-electron chi connectivity index (χ4n) is 1.29. The molecule has 1 N–H and O–H groups in total. The summed E-state index contributed by atoms with van der Waals surface area (Å²) in [5.74, 6) is -0.0900. The zero-order valence-electron chi connectivity index (χ0n) is 10.1. The molecule has 0 saturated heterocycles. The molecule has 16 heavy (non-hydrogen) atoms. The maximum Gasteiger partial charge on any atom is 0.309 e. The van der Waals surface area contributed by atoms with Crippen molar-refractivity contribution >= 4 is 12.4 Å². The fraction of sp³-hybridized carbons (Fsp3) is 0.833. The molecule has 0 atom stereocenters. The molecule has 0 aliphatic carbocycles. The minimum Gasteiger partial charge on any atom is -0.466 e. The molecule has 0 bridgehead atoms. The van der Waals surface area contributed by atoms with Crippen LogP contribution in [0.5, 0.6) is 0 Å². The van der Waals surface area contributed by atoms with Gasteiger partial charge in [-0.05, 0) is 19.3 Å². The minimum absolute atomic E-state index is 0.0900. The van der Waals surface area contributed by atoms with Gasteiger partial charge >= 0.3 is 12.4 Å². The highest BCUT2D eigenvalue weighted by Gasteiger charge is 2.01. The molecular formula is C12H22NO3. The van der Waals surface area contributed by atoms with Crippen LogP contribution in [0.25, 0.3) is 0 Å². The molecule has 4 heteroatoms. The first-order valence-electron chi connectivity index (χ1n) is 6.07. The topological polar surface area (TPSA) is 55.4 Å². The Morgan fingerprint density at radius 3 is 2.62 bits per heavy atom. The van der Waals surface area contributed by atoms with Gasteiger partial charge in [0.1, 0.15) is 0 Å². The van der Waals surface area contributed by atoms with Gasteiger partial charge < -0.3 is 10.1 Å². The van der Waals surface area contributed by atoms with Crippen molar-refractivity contribution in [1.82, 2.24) is 5.32 Å². The van der Waals surface area contributed by atoms with E-state index in [4.69, 9.17) is 4.74 Å². The second kappa shape index (κ2) is 12.0. The van der Waals surface area contributed by atoms with E-state index in [1.807, 2.05) is 0 Å². The molecule has 0 aromatic rings. The molecule has 0 aromatic carbocycles. The van der Waals surface area contributed by atoms with E-state index in [-0.39, 0.29) is 5.97 Å². The van der Waals surface area contributed by atoms with Crippen molar-refractivity contribution in [3.8, 4) is 0 Å². The smallest absolute Gasteiger partial charge is 0.309 e. The molecule has 0 rings (SSSR count). The predicted molar refractivity (Wildman–Crippen MR) is 62.6 cm³/mol. The van der Waals surface area contributed by atoms with Crippen LogP contribution in [0.4, 0.5) is 0 Å². The SMILES string of the molecule is CCCCOC(=O)CCCCCCN[C]=O.